The van der Waals surface area contributed by atoms with Crippen LogP contribution in [0.4, 0.5) is 0 Å². The summed E-state index contributed by atoms with van der Waals surface area (Å²) in [5.41, 5.74) is 0.975. The molecule has 1 unspecified atom stereocenters. The van der Waals surface area contributed by atoms with Crippen LogP contribution in [0.5, 0.6) is 0 Å². The fourth-order valence-corrected chi connectivity index (χ4v) is 1.51. The molecule has 1 aromatic carbocycles. The number of hydrogen-bond donors (Lipinski definition) is 2. The molecule has 0 bridgehead atoms. The summed E-state index contributed by atoms with van der Waals surface area (Å²) in [6.45, 7) is 2.28. The van der Waals surface area contributed by atoms with Gasteiger partial charge in [0.15, 0.2) is 0 Å². The minimum Gasteiger partial charge on any atom is -0.352 e. The fourth-order valence-electron chi connectivity index (χ4n) is 1.29. The summed E-state index contributed by atoms with van der Waals surface area (Å²) in [4.78, 5) is 11.5. The number of hydrogen-bond acceptors (Lipinski definition) is 2. The van der Waals surface area contributed by atoms with Crippen LogP contribution in [0.15, 0.2) is 24.3 Å². The second-order valence-corrected chi connectivity index (χ2v) is 4.13. The molecule has 2 N–H and O–H groups in total. The molecule has 1 amide bonds. The van der Waals surface area contributed by atoms with Crippen molar-refractivity contribution in [3.8, 4) is 0 Å². The molecule has 0 spiro atoms. The van der Waals surface area contributed by atoms with Crippen LogP contribution in [0, 0.1) is 11.3 Å². The van der Waals surface area contributed by atoms with Crippen molar-refractivity contribution < 1.29 is 4.79 Å². The van der Waals surface area contributed by atoms with Gasteiger partial charge in [-0.05, 0) is 30.3 Å². The van der Waals surface area contributed by atoms with Crippen LogP contribution in [0.1, 0.15) is 18.9 Å². The predicted octanol–water partition coefficient (Wildman–Crippen LogP) is 2.63. The van der Waals surface area contributed by atoms with Crippen molar-refractivity contribution in [1.82, 2.24) is 5.32 Å². The molecule has 0 fully saturated rings. The highest BCUT2D eigenvalue weighted by atomic mass is 35.5. The average Bonchev–Trinajstić information content (AvgIpc) is 2.26. The van der Waals surface area contributed by atoms with Gasteiger partial charge in [0.05, 0.1) is 0 Å². The van der Waals surface area contributed by atoms with Gasteiger partial charge in [0.1, 0.15) is 0 Å². The maximum atomic E-state index is 11.5. The minimum atomic E-state index is -0.156. The molecular weight excluding hydrogens is 224 g/mol. The largest absolute Gasteiger partial charge is 0.352 e. The number of carbonyl (C=O) groups is 1. The summed E-state index contributed by atoms with van der Waals surface area (Å²) < 4.78 is 0. The van der Waals surface area contributed by atoms with E-state index in [2.05, 4.69) is 5.32 Å². The molecule has 1 aromatic rings. The van der Waals surface area contributed by atoms with Crippen LogP contribution < -0.4 is 5.32 Å². The summed E-state index contributed by atoms with van der Waals surface area (Å²) in [5.74, 6) is -0.194. The molecular formula is C12H15ClN2O. The van der Waals surface area contributed by atoms with E-state index in [1.54, 1.807) is 13.0 Å². The van der Waals surface area contributed by atoms with Crippen molar-refractivity contribution in [1.29, 1.82) is 5.41 Å². The maximum absolute atomic E-state index is 11.5. The standard InChI is InChI=1S/C12H15ClN2O/c1-9(5-6-14)12(16)15-8-10-3-2-4-11(13)7-10/h2-4,6-7,9,14H,5,8H2,1H3,(H,15,16). The first-order valence-corrected chi connectivity index (χ1v) is 5.52. The number of nitrogens with one attached hydrogen (secondary N) is 2. The Bertz CT molecular complexity index is 379. The lowest BCUT2D eigenvalue weighted by Crippen LogP contribution is -2.28. The summed E-state index contributed by atoms with van der Waals surface area (Å²) in [5, 5.41) is 10.4. The normalized spacial score (nSPS) is 11.9. The van der Waals surface area contributed by atoms with Gasteiger partial charge in [-0.3, -0.25) is 4.79 Å². The Morgan fingerprint density at radius 1 is 1.62 bits per heavy atom. The smallest absolute Gasteiger partial charge is 0.223 e. The number of amides is 1. The van der Waals surface area contributed by atoms with E-state index >= 15 is 0 Å². The maximum Gasteiger partial charge on any atom is 0.223 e. The summed E-state index contributed by atoms with van der Waals surface area (Å²) in [6.07, 6.45) is 1.73. The highest BCUT2D eigenvalue weighted by Gasteiger charge is 2.10. The van der Waals surface area contributed by atoms with E-state index in [9.17, 15) is 4.79 Å². The van der Waals surface area contributed by atoms with E-state index in [1.165, 1.54) is 6.21 Å². The second-order valence-electron chi connectivity index (χ2n) is 3.69. The molecule has 0 aliphatic rings. The Kier molecular flexibility index (Phi) is 4.99. The summed E-state index contributed by atoms with van der Waals surface area (Å²) in [6, 6.07) is 7.38. The van der Waals surface area contributed by atoms with E-state index in [0.717, 1.165) is 5.56 Å². The molecule has 0 aliphatic carbocycles. The highest BCUT2D eigenvalue weighted by molar-refractivity contribution is 6.30. The average molecular weight is 239 g/mol. The lowest BCUT2D eigenvalue weighted by atomic mass is 10.1. The van der Waals surface area contributed by atoms with Gasteiger partial charge in [-0.2, -0.15) is 0 Å². The lowest BCUT2D eigenvalue weighted by Gasteiger charge is -2.09. The first-order valence-electron chi connectivity index (χ1n) is 5.14. The predicted molar refractivity (Wildman–Crippen MR) is 65.9 cm³/mol. The van der Waals surface area contributed by atoms with Gasteiger partial charge < -0.3 is 10.7 Å². The van der Waals surface area contributed by atoms with Crippen molar-refractivity contribution in [2.45, 2.75) is 19.9 Å². The second kappa shape index (κ2) is 6.28. The fraction of sp³-hybridized carbons (Fsp3) is 0.333. The molecule has 0 aliphatic heterocycles. The molecule has 0 heterocycles. The van der Waals surface area contributed by atoms with Gasteiger partial charge in [-0.1, -0.05) is 30.7 Å². The van der Waals surface area contributed by atoms with Gasteiger partial charge in [0.25, 0.3) is 0 Å². The van der Waals surface area contributed by atoms with Gasteiger partial charge in [0.2, 0.25) is 5.91 Å². The van der Waals surface area contributed by atoms with Gasteiger partial charge in [-0.15, -0.1) is 0 Å². The molecule has 0 saturated carbocycles. The molecule has 0 radical (unpaired) electrons. The zero-order valence-corrected chi connectivity index (χ0v) is 9.92. The molecule has 86 valence electrons. The van der Waals surface area contributed by atoms with Crippen molar-refractivity contribution >= 4 is 23.7 Å². The summed E-state index contributed by atoms with van der Waals surface area (Å²) >= 11 is 5.83. The van der Waals surface area contributed by atoms with Crippen molar-refractivity contribution in [2.75, 3.05) is 0 Å². The topological polar surface area (TPSA) is 53.0 Å². The Balaban J connectivity index is 2.45. The molecule has 1 rings (SSSR count). The SMILES string of the molecule is CC(CC=N)C(=O)NCc1cccc(Cl)c1. The zero-order valence-electron chi connectivity index (χ0n) is 9.16. The van der Waals surface area contributed by atoms with E-state index in [4.69, 9.17) is 17.0 Å². The molecule has 0 saturated heterocycles. The van der Waals surface area contributed by atoms with Gasteiger partial charge in [0, 0.05) is 17.5 Å². The monoisotopic (exact) mass is 238 g/mol. The molecule has 1 atom stereocenters. The molecule has 16 heavy (non-hydrogen) atoms. The van der Waals surface area contributed by atoms with E-state index in [1.807, 2.05) is 18.2 Å². The van der Waals surface area contributed by atoms with Crippen LogP contribution in [0.3, 0.4) is 0 Å². The Labute approximate surface area is 100 Å². The Morgan fingerprint density at radius 2 is 2.38 bits per heavy atom. The van der Waals surface area contributed by atoms with Crippen LogP contribution in [-0.2, 0) is 11.3 Å². The van der Waals surface area contributed by atoms with Crippen molar-refractivity contribution in [3.63, 3.8) is 0 Å². The Hall–Kier alpha value is -1.35. The van der Waals surface area contributed by atoms with Crippen LogP contribution in [0.25, 0.3) is 0 Å². The quantitative estimate of drug-likeness (QED) is 0.762. The third kappa shape index (κ3) is 4.03. The zero-order chi connectivity index (χ0) is 12.0. The summed E-state index contributed by atoms with van der Waals surface area (Å²) in [7, 11) is 0. The van der Waals surface area contributed by atoms with Crippen molar-refractivity contribution in [3.05, 3.63) is 34.9 Å². The van der Waals surface area contributed by atoms with Gasteiger partial charge in [-0.25, -0.2) is 0 Å². The number of benzene rings is 1. The van der Waals surface area contributed by atoms with E-state index in [0.29, 0.717) is 18.0 Å². The van der Waals surface area contributed by atoms with E-state index < -0.39 is 0 Å². The first kappa shape index (κ1) is 12.7. The van der Waals surface area contributed by atoms with Crippen LogP contribution in [0.2, 0.25) is 5.02 Å². The molecule has 3 nitrogen and oxygen atoms in total. The van der Waals surface area contributed by atoms with Crippen LogP contribution in [-0.4, -0.2) is 12.1 Å². The molecule has 0 aromatic heterocycles. The third-order valence-electron chi connectivity index (χ3n) is 2.27. The number of rotatable bonds is 5. The molecule has 4 heteroatoms. The highest BCUT2D eigenvalue weighted by Crippen LogP contribution is 2.10. The minimum absolute atomic E-state index is 0.0384. The van der Waals surface area contributed by atoms with Crippen molar-refractivity contribution in [2.24, 2.45) is 5.92 Å². The Morgan fingerprint density at radius 3 is 3.00 bits per heavy atom. The number of halogens is 1. The lowest BCUT2D eigenvalue weighted by molar-refractivity contribution is -0.124. The van der Waals surface area contributed by atoms with Gasteiger partial charge >= 0.3 is 0 Å². The van der Waals surface area contributed by atoms with Crippen LogP contribution >= 0.6 is 11.6 Å². The van der Waals surface area contributed by atoms with E-state index in [-0.39, 0.29) is 11.8 Å². The third-order valence-corrected chi connectivity index (χ3v) is 2.51. The number of carbonyl (C=O) groups excluding carboxylic acids is 1. The first-order chi connectivity index (χ1) is 7.63.